The third-order valence-electron chi connectivity index (χ3n) is 12.6. The van der Waals surface area contributed by atoms with E-state index >= 15 is 0 Å². The number of carbonyl (C=O) groups is 5. The van der Waals surface area contributed by atoms with Crippen LogP contribution >= 0.6 is 11.6 Å². The Kier molecular flexibility index (Phi) is 12.7. The van der Waals surface area contributed by atoms with E-state index in [0.29, 0.717) is 52.7 Å². The minimum absolute atomic E-state index is 0.0919. The quantitative estimate of drug-likeness (QED) is 0.142. The van der Waals surface area contributed by atoms with Crippen molar-refractivity contribution in [2.24, 2.45) is 10.8 Å². The summed E-state index contributed by atoms with van der Waals surface area (Å²) in [5.74, 6) is -1.47. The van der Waals surface area contributed by atoms with Crippen molar-refractivity contribution in [3.63, 3.8) is 0 Å². The number of piperazine rings is 1. The molecule has 13 nitrogen and oxygen atoms in total. The Hall–Kier alpha value is -5.29. The zero-order chi connectivity index (χ0) is 42.8. The highest BCUT2D eigenvalue weighted by atomic mass is 35.5. The number of carbonyl (C=O) groups excluding carboxylic acids is 5. The second-order valence-electron chi connectivity index (χ2n) is 17.4. The molecule has 60 heavy (non-hydrogen) atoms. The van der Waals surface area contributed by atoms with Gasteiger partial charge >= 0.3 is 0 Å². The van der Waals surface area contributed by atoms with Gasteiger partial charge in [-0.1, -0.05) is 57.8 Å². The fraction of sp³-hybridized carbons (Fsp3) is 0.478. The minimum atomic E-state index is -0.968. The lowest BCUT2D eigenvalue weighted by Gasteiger charge is -2.63. The van der Waals surface area contributed by atoms with Crippen LogP contribution in [0.1, 0.15) is 102 Å². The predicted molar refractivity (Wildman–Crippen MR) is 226 cm³/mol. The van der Waals surface area contributed by atoms with Crippen molar-refractivity contribution >= 4 is 46.8 Å². The van der Waals surface area contributed by atoms with E-state index in [1.807, 2.05) is 30.3 Å². The Morgan fingerprint density at radius 2 is 1.65 bits per heavy atom. The van der Waals surface area contributed by atoms with E-state index in [2.05, 4.69) is 54.2 Å². The van der Waals surface area contributed by atoms with E-state index in [9.17, 15) is 29.2 Å². The molecule has 0 bridgehead atoms. The van der Waals surface area contributed by atoms with Crippen LogP contribution in [0, 0.1) is 22.2 Å². The van der Waals surface area contributed by atoms with Crippen LogP contribution in [-0.2, 0) is 20.7 Å². The standard InChI is InChI=1S/C46H53ClN6O7/c1-45(2)43(46(3,4)44(45)60-33-17-14-31(28-48)35(47)27-33)50-39(55)30-12-15-32(16-13-30)52-22-20-51(21-23-52)24-26-59-25-7-5-6-9-29-10-8-11-34-38(29)42(58)53(41(34)57)36-18-19-37(54)49-40(36)56/h8,10-17,27,36,43-44H,5-7,9,18-26H2,1-4H3,(H,50,55)(H,49,54,56)/t36-,43?,44?/m1/s1. The van der Waals surface area contributed by atoms with Crippen molar-refractivity contribution in [3.05, 3.63) is 93.5 Å². The lowest BCUT2D eigenvalue weighted by molar-refractivity contribution is -0.164. The highest BCUT2D eigenvalue weighted by Crippen LogP contribution is 2.55. The molecule has 3 aliphatic heterocycles. The molecule has 0 aromatic heterocycles. The Bertz CT molecular complexity index is 2180. The molecule has 3 aromatic rings. The maximum Gasteiger partial charge on any atom is 0.262 e. The molecule has 3 heterocycles. The van der Waals surface area contributed by atoms with Gasteiger partial charge in [0.05, 0.1) is 28.3 Å². The summed E-state index contributed by atoms with van der Waals surface area (Å²) in [6.07, 6.45) is 3.31. The van der Waals surface area contributed by atoms with Gasteiger partial charge in [-0.15, -0.1) is 0 Å². The number of ether oxygens (including phenoxy) is 2. The molecule has 5 amide bonds. The largest absolute Gasteiger partial charge is 0.489 e. The van der Waals surface area contributed by atoms with Gasteiger partial charge in [-0.3, -0.25) is 39.1 Å². The van der Waals surface area contributed by atoms with Gasteiger partial charge in [0.1, 0.15) is 24.0 Å². The second-order valence-corrected chi connectivity index (χ2v) is 17.8. The van der Waals surface area contributed by atoms with Gasteiger partial charge in [0.25, 0.3) is 17.7 Å². The molecule has 1 aliphatic carbocycles. The van der Waals surface area contributed by atoms with Gasteiger partial charge in [0, 0.05) is 79.9 Å². The molecule has 4 aliphatic rings. The zero-order valence-electron chi connectivity index (χ0n) is 34.7. The topological polar surface area (TPSA) is 161 Å². The molecular formula is C46H53ClN6O7. The molecule has 0 spiro atoms. The van der Waals surface area contributed by atoms with Crippen molar-refractivity contribution in [2.75, 3.05) is 50.8 Å². The summed E-state index contributed by atoms with van der Waals surface area (Å²) < 4.78 is 12.3. The van der Waals surface area contributed by atoms with Crippen molar-refractivity contribution in [2.45, 2.75) is 84.4 Å². The maximum absolute atomic E-state index is 13.4. The van der Waals surface area contributed by atoms with Gasteiger partial charge in [0.15, 0.2) is 0 Å². The molecule has 0 unspecified atom stereocenters. The number of nitrogens with one attached hydrogen (secondary N) is 2. The molecule has 1 saturated carbocycles. The fourth-order valence-electron chi connectivity index (χ4n) is 9.65. The highest BCUT2D eigenvalue weighted by Gasteiger charge is 2.64. The number of anilines is 1. The van der Waals surface area contributed by atoms with E-state index < -0.39 is 29.7 Å². The van der Waals surface area contributed by atoms with Gasteiger partial charge < -0.3 is 19.7 Å². The summed E-state index contributed by atoms with van der Waals surface area (Å²) in [7, 11) is 0. The molecule has 1 atom stereocenters. The smallest absolute Gasteiger partial charge is 0.262 e. The molecule has 14 heteroatoms. The Balaban J connectivity index is 0.785. The van der Waals surface area contributed by atoms with Crippen LogP contribution < -0.4 is 20.3 Å². The van der Waals surface area contributed by atoms with Gasteiger partial charge in [0.2, 0.25) is 11.8 Å². The monoisotopic (exact) mass is 836 g/mol. The number of rotatable bonds is 15. The van der Waals surface area contributed by atoms with Gasteiger partial charge in [-0.05, 0) is 73.7 Å². The molecule has 3 aromatic carbocycles. The van der Waals surface area contributed by atoms with Crippen molar-refractivity contribution in [3.8, 4) is 11.8 Å². The number of aryl methyl sites for hydroxylation is 1. The number of amides is 5. The van der Waals surface area contributed by atoms with Crippen molar-refractivity contribution in [1.82, 2.24) is 20.4 Å². The third-order valence-corrected chi connectivity index (χ3v) is 13.0. The maximum atomic E-state index is 13.4. The summed E-state index contributed by atoms with van der Waals surface area (Å²) in [6, 6.07) is 19.1. The number of benzene rings is 3. The third kappa shape index (κ3) is 8.64. The van der Waals surface area contributed by atoms with E-state index in [4.69, 9.17) is 21.1 Å². The molecular weight excluding hydrogens is 784 g/mol. The number of fused-ring (bicyclic) bond motifs is 1. The summed E-state index contributed by atoms with van der Waals surface area (Å²) >= 11 is 6.24. The average Bonchev–Trinajstić information content (AvgIpc) is 3.48. The lowest BCUT2D eigenvalue weighted by atomic mass is 9.49. The van der Waals surface area contributed by atoms with Gasteiger partial charge in [-0.25, -0.2) is 0 Å². The molecule has 2 N–H and O–H groups in total. The molecule has 316 valence electrons. The summed E-state index contributed by atoms with van der Waals surface area (Å²) in [4.78, 5) is 69.7. The fourth-order valence-corrected chi connectivity index (χ4v) is 9.86. The molecule has 2 saturated heterocycles. The number of halogens is 1. The van der Waals surface area contributed by atoms with E-state index in [1.54, 1.807) is 30.3 Å². The first-order chi connectivity index (χ1) is 28.7. The molecule has 0 radical (unpaired) electrons. The highest BCUT2D eigenvalue weighted by molar-refractivity contribution is 6.31. The van der Waals surface area contributed by atoms with Crippen molar-refractivity contribution < 1.29 is 33.4 Å². The predicted octanol–water partition coefficient (Wildman–Crippen LogP) is 5.78. The van der Waals surface area contributed by atoms with E-state index in [-0.39, 0.29) is 41.7 Å². The number of unbranched alkanes of at least 4 members (excludes halogenated alkanes) is 2. The average molecular weight is 837 g/mol. The summed E-state index contributed by atoms with van der Waals surface area (Å²) in [6.45, 7) is 14.1. The lowest BCUT2D eigenvalue weighted by Crippen LogP contribution is -2.74. The van der Waals surface area contributed by atoms with Crippen LogP contribution in [0.25, 0.3) is 0 Å². The molecule has 3 fully saturated rings. The normalized spacial score (nSPS) is 22.2. The van der Waals surface area contributed by atoms with Crippen molar-refractivity contribution in [1.29, 1.82) is 5.26 Å². The number of nitrogens with zero attached hydrogens (tertiary/aromatic N) is 4. The van der Waals surface area contributed by atoms with Crippen LogP contribution in [0.2, 0.25) is 5.02 Å². The summed E-state index contributed by atoms with van der Waals surface area (Å²) in [5, 5.41) is 15.1. The SMILES string of the molecule is CC1(C)C(NC(=O)c2ccc(N3CCN(CCOCCCCCc4cccc5c4C(=O)N([C@@H]4CCC(=O)NC4=O)C5=O)CC3)cc2)C(C)(C)C1Oc1ccc(C#N)c(Cl)c1. The van der Waals surface area contributed by atoms with Crippen LogP contribution in [0.15, 0.2) is 60.7 Å². The van der Waals surface area contributed by atoms with Crippen LogP contribution in [0.3, 0.4) is 0 Å². The zero-order valence-corrected chi connectivity index (χ0v) is 35.5. The van der Waals surface area contributed by atoms with Crippen LogP contribution in [0.5, 0.6) is 5.75 Å². The number of piperidine rings is 1. The first kappa shape index (κ1) is 42.8. The molecule has 7 rings (SSSR count). The number of nitriles is 1. The number of imide groups is 2. The summed E-state index contributed by atoms with van der Waals surface area (Å²) in [5.41, 5.74) is 2.88. The number of hydrogen-bond acceptors (Lipinski definition) is 10. The van der Waals surface area contributed by atoms with E-state index in [1.165, 1.54) is 0 Å². The Morgan fingerprint density at radius 1 is 0.917 bits per heavy atom. The van der Waals surface area contributed by atoms with E-state index in [0.717, 1.165) is 68.1 Å². The first-order valence-electron chi connectivity index (χ1n) is 20.9. The Morgan fingerprint density at radius 3 is 2.33 bits per heavy atom. The minimum Gasteiger partial charge on any atom is -0.489 e. The first-order valence-corrected chi connectivity index (χ1v) is 21.2. The van der Waals surface area contributed by atoms with Crippen LogP contribution in [0.4, 0.5) is 5.69 Å². The van der Waals surface area contributed by atoms with Crippen LogP contribution in [-0.4, -0.2) is 103 Å². The van der Waals surface area contributed by atoms with Gasteiger partial charge in [-0.2, -0.15) is 5.26 Å². The number of hydrogen-bond donors (Lipinski definition) is 2. The second kappa shape index (κ2) is 17.7. The Labute approximate surface area is 356 Å².